The van der Waals surface area contributed by atoms with E-state index in [-0.39, 0.29) is 17.4 Å². The van der Waals surface area contributed by atoms with Gasteiger partial charge in [0.1, 0.15) is 5.82 Å². The van der Waals surface area contributed by atoms with E-state index >= 15 is 0 Å². The highest BCUT2D eigenvalue weighted by atomic mass is 16.1. The Kier molecular flexibility index (Phi) is 5.88. The summed E-state index contributed by atoms with van der Waals surface area (Å²) in [5.74, 6) is 0.415. The van der Waals surface area contributed by atoms with Crippen LogP contribution in [0.15, 0.2) is 12.1 Å². The van der Waals surface area contributed by atoms with E-state index < -0.39 is 0 Å². The molecule has 0 bridgehead atoms. The minimum Gasteiger partial charge on any atom is -0.367 e. The fourth-order valence-electron chi connectivity index (χ4n) is 1.89. The van der Waals surface area contributed by atoms with Gasteiger partial charge in [0.2, 0.25) is 0 Å². The summed E-state index contributed by atoms with van der Waals surface area (Å²) < 4.78 is 0. The lowest BCUT2D eigenvalue weighted by molar-refractivity contribution is 0.0950. The van der Waals surface area contributed by atoms with E-state index in [9.17, 15) is 4.79 Å². The van der Waals surface area contributed by atoms with Crippen molar-refractivity contribution in [2.24, 2.45) is 11.1 Å². The first-order valence-corrected chi connectivity index (χ1v) is 6.93. The van der Waals surface area contributed by atoms with Crippen LogP contribution in [0.5, 0.6) is 0 Å². The highest BCUT2D eigenvalue weighted by Crippen LogP contribution is 2.19. The van der Waals surface area contributed by atoms with E-state index in [0.717, 1.165) is 6.42 Å². The van der Waals surface area contributed by atoms with Gasteiger partial charge in [-0.25, -0.2) is 0 Å². The molecular weight excluding hydrogens is 254 g/mol. The molecule has 1 rings (SSSR count). The fourth-order valence-corrected chi connectivity index (χ4v) is 1.89. The van der Waals surface area contributed by atoms with Crippen molar-refractivity contribution in [1.29, 1.82) is 0 Å². The van der Waals surface area contributed by atoms with Gasteiger partial charge in [-0.05, 0) is 30.9 Å². The third-order valence-corrected chi connectivity index (χ3v) is 2.65. The molecule has 1 heterocycles. The highest BCUT2D eigenvalue weighted by molar-refractivity contribution is 5.92. The molecule has 1 atom stereocenters. The molecule has 0 aliphatic carbocycles. The number of aromatic nitrogens is 2. The monoisotopic (exact) mass is 279 g/mol. The molecule has 4 N–H and O–H groups in total. The summed E-state index contributed by atoms with van der Waals surface area (Å²) in [5, 5.41) is 13.7. The first kappa shape index (κ1) is 16.4. The molecule has 0 aliphatic rings. The van der Waals surface area contributed by atoms with E-state index in [1.807, 2.05) is 6.92 Å². The zero-order valence-electron chi connectivity index (χ0n) is 12.7. The van der Waals surface area contributed by atoms with Gasteiger partial charge in [-0.2, -0.15) is 0 Å². The molecule has 6 heteroatoms. The van der Waals surface area contributed by atoms with Crippen LogP contribution < -0.4 is 16.4 Å². The molecule has 1 amide bonds. The summed E-state index contributed by atoms with van der Waals surface area (Å²) in [6.07, 6.45) is 0.921. The molecule has 0 radical (unpaired) electrons. The quantitative estimate of drug-likeness (QED) is 0.732. The second kappa shape index (κ2) is 7.19. The molecule has 112 valence electrons. The number of amides is 1. The lowest BCUT2D eigenvalue weighted by atomic mass is 9.88. The third kappa shape index (κ3) is 5.97. The highest BCUT2D eigenvalue weighted by Gasteiger charge is 2.15. The molecule has 20 heavy (non-hydrogen) atoms. The first-order valence-electron chi connectivity index (χ1n) is 6.93. The van der Waals surface area contributed by atoms with Crippen molar-refractivity contribution >= 4 is 11.7 Å². The van der Waals surface area contributed by atoms with E-state index in [1.165, 1.54) is 0 Å². The first-order chi connectivity index (χ1) is 9.31. The van der Waals surface area contributed by atoms with Gasteiger partial charge in [-0.1, -0.05) is 20.8 Å². The van der Waals surface area contributed by atoms with Gasteiger partial charge in [0.15, 0.2) is 5.69 Å². The summed E-state index contributed by atoms with van der Waals surface area (Å²) >= 11 is 0. The number of carbonyl (C=O) groups is 1. The lowest BCUT2D eigenvalue weighted by Gasteiger charge is -2.23. The Hall–Kier alpha value is -1.69. The van der Waals surface area contributed by atoms with Crippen molar-refractivity contribution < 1.29 is 4.79 Å². The summed E-state index contributed by atoms with van der Waals surface area (Å²) in [6.45, 7) is 9.54. The number of anilines is 1. The zero-order chi connectivity index (χ0) is 15.2. The maximum Gasteiger partial charge on any atom is 0.271 e. The van der Waals surface area contributed by atoms with Crippen LogP contribution in [-0.2, 0) is 0 Å². The van der Waals surface area contributed by atoms with E-state index in [0.29, 0.717) is 24.6 Å². The van der Waals surface area contributed by atoms with Gasteiger partial charge >= 0.3 is 0 Å². The Morgan fingerprint density at radius 3 is 2.55 bits per heavy atom. The maximum atomic E-state index is 11.5. The molecule has 0 saturated carbocycles. The van der Waals surface area contributed by atoms with Crippen molar-refractivity contribution in [3.8, 4) is 0 Å². The number of nitrogens with one attached hydrogen (secondary N) is 2. The Morgan fingerprint density at radius 2 is 2.05 bits per heavy atom. The van der Waals surface area contributed by atoms with Crippen LogP contribution >= 0.6 is 0 Å². The Labute approximate surface area is 120 Å². The topological polar surface area (TPSA) is 92.9 Å². The number of rotatable bonds is 6. The normalized spacial score (nSPS) is 12.8. The van der Waals surface area contributed by atoms with Crippen molar-refractivity contribution in [2.45, 2.75) is 40.2 Å². The van der Waals surface area contributed by atoms with Crippen molar-refractivity contribution in [1.82, 2.24) is 15.5 Å². The minimum atomic E-state index is -0.212. The average molecular weight is 279 g/mol. The summed E-state index contributed by atoms with van der Waals surface area (Å²) in [4.78, 5) is 11.5. The van der Waals surface area contributed by atoms with Crippen LogP contribution in [0.1, 0.15) is 44.6 Å². The predicted octanol–water partition coefficient (Wildman–Crippen LogP) is 1.40. The largest absolute Gasteiger partial charge is 0.367 e. The second-order valence-corrected chi connectivity index (χ2v) is 6.07. The molecule has 0 saturated heterocycles. The third-order valence-electron chi connectivity index (χ3n) is 2.65. The van der Waals surface area contributed by atoms with Gasteiger partial charge in [0.05, 0.1) is 0 Å². The van der Waals surface area contributed by atoms with Crippen LogP contribution in [0, 0.1) is 5.41 Å². The van der Waals surface area contributed by atoms with Gasteiger partial charge < -0.3 is 16.4 Å². The summed E-state index contributed by atoms with van der Waals surface area (Å²) in [6, 6.07) is 3.44. The lowest BCUT2D eigenvalue weighted by Crippen LogP contribution is -2.33. The van der Waals surface area contributed by atoms with Crippen LogP contribution in [0.4, 0.5) is 5.82 Å². The number of hydrogen-bond donors (Lipinski definition) is 3. The molecule has 1 unspecified atom stereocenters. The molecular formula is C14H25N5O. The number of nitrogens with zero attached hydrogens (tertiary/aromatic N) is 2. The summed E-state index contributed by atoms with van der Waals surface area (Å²) in [5.41, 5.74) is 6.57. The zero-order valence-corrected chi connectivity index (χ0v) is 12.7. The molecule has 0 aromatic carbocycles. The minimum absolute atomic E-state index is 0.0554. The fraction of sp³-hybridized carbons (Fsp3) is 0.643. The molecule has 1 aromatic rings. The van der Waals surface area contributed by atoms with E-state index in [4.69, 9.17) is 5.73 Å². The smallest absolute Gasteiger partial charge is 0.271 e. The van der Waals surface area contributed by atoms with Crippen LogP contribution in [0.25, 0.3) is 0 Å². The van der Waals surface area contributed by atoms with E-state index in [1.54, 1.807) is 12.1 Å². The molecule has 0 spiro atoms. The molecule has 1 aromatic heterocycles. The Bertz CT molecular complexity index is 424. The predicted molar refractivity (Wildman–Crippen MR) is 80.6 cm³/mol. The number of hydrogen-bond acceptors (Lipinski definition) is 5. The van der Waals surface area contributed by atoms with Crippen molar-refractivity contribution in [2.75, 3.05) is 18.4 Å². The van der Waals surface area contributed by atoms with Gasteiger partial charge in [0, 0.05) is 19.1 Å². The Balaban J connectivity index is 2.48. The van der Waals surface area contributed by atoms with Crippen LogP contribution in [0.2, 0.25) is 0 Å². The van der Waals surface area contributed by atoms with Crippen LogP contribution in [-0.4, -0.2) is 35.2 Å². The number of nitrogens with two attached hydrogens (primary N) is 1. The molecule has 0 fully saturated rings. The van der Waals surface area contributed by atoms with Crippen molar-refractivity contribution in [3.63, 3.8) is 0 Å². The number of carbonyl (C=O) groups excluding carboxylic acids is 1. The van der Waals surface area contributed by atoms with Gasteiger partial charge in [-0.3, -0.25) is 4.79 Å². The molecule has 0 aliphatic heterocycles. The Morgan fingerprint density at radius 1 is 1.35 bits per heavy atom. The van der Waals surface area contributed by atoms with Crippen LogP contribution in [0.3, 0.4) is 0 Å². The van der Waals surface area contributed by atoms with E-state index in [2.05, 4.69) is 41.6 Å². The van der Waals surface area contributed by atoms with Crippen molar-refractivity contribution in [3.05, 3.63) is 17.8 Å². The average Bonchev–Trinajstić information content (AvgIpc) is 2.35. The standard InChI is InChI=1S/C14H25N5O/c1-5-16-13(20)11-6-7-12(19-18-11)17-9-10(15)8-14(2,3)4/h6-7,10H,5,8-9,15H2,1-4H3,(H,16,20)(H,17,19). The van der Waals surface area contributed by atoms with Gasteiger partial charge in [-0.15, -0.1) is 10.2 Å². The second-order valence-electron chi connectivity index (χ2n) is 6.07. The SMILES string of the molecule is CCNC(=O)c1ccc(NCC(N)CC(C)(C)C)nn1. The van der Waals surface area contributed by atoms with Gasteiger partial charge in [0.25, 0.3) is 5.91 Å². The molecule has 6 nitrogen and oxygen atoms in total. The summed E-state index contributed by atoms with van der Waals surface area (Å²) in [7, 11) is 0. The maximum absolute atomic E-state index is 11.5.